The molecule has 0 aliphatic carbocycles. The van der Waals surface area contributed by atoms with Gasteiger partial charge in [0.15, 0.2) is 5.41 Å². The van der Waals surface area contributed by atoms with Crippen molar-refractivity contribution in [2.75, 3.05) is 6.61 Å². The number of halogens is 1. The molecular weight excluding hydrogens is 282 g/mol. The molecule has 1 amide bonds. The lowest BCUT2D eigenvalue weighted by Crippen LogP contribution is -2.60. The maximum Gasteiger partial charge on any atom is 0.327 e. The Hall–Kier alpha value is -1.69. The van der Waals surface area contributed by atoms with Gasteiger partial charge < -0.3 is 10.1 Å². The monoisotopic (exact) mass is 297 g/mol. The van der Waals surface area contributed by atoms with E-state index < -0.39 is 22.8 Å². The fourth-order valence-electron chi connectivity index (χ4n) is 2.21. The van der Waals surface area contributed by atoms with Crippen LogP contribution in [0.2, 0.25) is 5.15 Å². The molecule has 6 nitrogen and oxygen atoms in total. The third kappa shape index (κ3) is 2.04. The molecule has 1 aliphatic rings. The Kier molecular flexibility index (Phi) is 3.46. The minimum absolute atomic E-state index is 0.129. The van der Waals surface area contributed by atoms with Gasteiger partial charge in [-0.25, -0.2) is 4.98 Å². The second-order valence-corrected chi connectivity index (χ2v) is 5.70. The predicted molar refractivity (Wildman–Crippen MR) is 72.2 cm³/mol. The maximum absolute atomic E-state index is 12.4. The summed E-state index contributed by atoms with van der Waals surface area (Å²) in [5, 5.41) is 2.91. The second-order valence-electron chi connectivity index (χ2n) is 5.31. The van der Waals surface area contributed by atoms with E-state index in [0.717, 1.165) is 0 Å². The summed E-state index contributed by atoms with van der Waals surface area (Å²) < 4.78 is 5.01. The normalized spacial score (nSPS) is 23.8. The number of carbonyl (C=O) groups is 2. The number of nitrogens with one attached hydrogen (secondary N) is 1. The van der Waals surface area contributed by atoms with Gasteiger partial charge in [-0.2, -0.15) is 0 Å². The van der Waals surface area contributed by atoms with E-state index in [1.807, 2.05) is 0 Å². The van der Waals surface area contributed by atoms with Crippen molar-refractivity contribution in [3.63, 3.8) is 0 Å². The van der Waals surface area contributed by atoms with Gasteiger partial charge in [0, 0.05) is 0 Å². The summed E-state index contributed by atoms with van der Waals surface area (Å²) in [6.07, 6.45) is 1.39. The van der Waals surface area contributed by atoms with Crippen LogP contribution in [0.15, 0.2) is 6.20 Å². The minimum atomic E-state index is -1.54. The van der Waals surface area contributed by atoms with Crippen molar-refractivity contribution in [2.45, 2.75) is 38.6 Å². The first kappa shape index (κ1) is 14.7. The van der Waals surface area contributed by atoms with E-state index in [9.17, 15) is 9.59 Å². The summed E-state index contributed by atoms with van der Waals surface area (Å²) in [5.74, 6) is -1.13. The molecule has 2 heterocycles. The molecule has 0 aromatic carbocycles. The van der Waals surface area contributed by atoms with Crippen molar-refractivity contribution in [2.24, 2.45) is 0 Å². The highest BCUT2D eigenvalue weighted by atomic mass is 35.5. The number of hydrogen-bond acceptors (Lipinski definition) is 5. The summed E-state index contributed by atoms with van der Waals surface area (Å²) >= 11 is 5.87. The van der Waals surface area contributed by atoms with Crippen LogP contribution >= 0.6 is 11.6 Å². The molecule has 0 saturated carbocycles. The minimum Gasteiger partial charge on any atom is -0.465 e. The lowest BCUT2D eigenvalue weighted by molar-refractivity contribution is -0.155. The van der Waals surface area contributed by atoms with Gasteiger partial charge in [0.25, 0.3) is 0 Å². The number of esters is 1. The highest BCUT2D eigenvalue weighted by Gasteiger charge is 2.54. The van der Waals surface area contributed by atoms with Crippen LogP contribution in [0.5, 0.6) is 0 Å². The second kappa shape index (κ2) is 4.70. The predicted octanol–water partition coefficient (Wildman–Crippen LogP) is 1.32. The zero-order valence-electron chi connectivity index (χ0n) is 11.8. The molecule has 1 aliphatic heterocycles. The average Bonchev–Trinajstić information content (AvgIpc) is 2.35. The number of rotatable bonds is 2. The van der Waals surface area contributed by atoms with Crippen LogP contribution in [-0.2, 0) is 25.3 Å². The first-order chi connectivity index (χ1) is 9.23. The van der Waals surface area contributed by atoms with E-state index in [-0.39, 0.29) is 17.5 Å². The molecule has 2 rings (SSSR count). The Bertz CT molecular complexity index is 588. The van der Waals surface area contributed by atoms with Crippen molar-refractivity contribution >= 4 is 23.5 Å². The van der Waals surface area contributed by atoms with Crippen molar-refractivity contribution in [1.82, 2.24) is 15.3 Å². The fraction of sp³-hybridized carbons (Fsp3) is 0.538. The fourth-order valence-corrected chi connectivity index (χ4v) is 2.35. The van der Waals surface area contributed by atoms with Crippen LogP contribution in [0.3, 0.4) is 0 Å². The van der Waals surface area contributed by atoms with Crippen molar-refractivity contribution in [1.29, 1.82) is 0 Å². The van der Waals surface area contributed by atoms with E-state index in [2.05, 4.69) is 15.3 Å². The highest BCUT2D eigenvalue weighted by molar-refractivity contribution is 6.29. The Balaban J connectivity index is 2.69. The lowest BCUT2D eigenvalue weighted by atomic mass is 9.76. The van der Waals surface area contributed by atoms with Gasteiger partial charge in [-0.05, 0) is 27.7 Å². The number of fused-ring (bicyclic) bond motifs is 1. The van der Waals surface area contributed by atoms with Gasteiger partial charge >= 0.3 is 5.97 Å². The van der Waals surface area contributed by atoms with Crippen molar-refractivity contribution in [3.05, 3.63) is 22.7 Å². The molecule has 1 unspecified atom stereocenters. The van der Waals surface area contributed by atoms with E-state index in [4.69, 9.17) is 16.3 Å². The van der Waals surface area contributed by atoms with Gasteiger partial charge in [0.05, 0.1) is 29.7 Å². The molecule has 0 fully saturated rings. The van der Waals surface area contributed by atoms with E-state index >= 15 is 0 Å². The van der Waals surface area contributed by atoms with Gasteiger partial charge in [0.1, 0.15) is 5.15 Å². The van der Waals surface area contributed by atoms with Crippen LogP contribution in [-0.4, -0.2) is 28.5 Å². The standard InChI is InChI=1S/C13H16ClN3O3/c1-5-20-11(19)13(4)9-8(15-6-7(14)16-9)12(2,3)17-10(13)18/h6H,5H2,1-4H3,(H,17,18). The zero-order chi connectivity index (χ0) is 15.1. The molecule has 0 saturated heterocycles. The third-order valence-electron chi connectivity index (χ3n) is 3.37. The summed E-state index contributed by atoms with van der Waals surface area (Å²) in [6, 6.07) is 0. The smallest absolute Gasteiger partial charge is 0.327 e. The Morgan fingerprint density at radius 1 is 1.40 bits per heavy atom. The average molecular weight is 298 g/mol. The van der Waals surface area contributed by atoms with Crippen LogP contribution in [0.25, 0.3) is 0 Å². The number of hydrogen-bond donors (Lipinski definition) is 1. The van der Waals surface area contributed by atoms with Crippen molar-refractivity contribution in [3.8, 4) is 0 Å². The summed E-state index contributed by atoms with van der Waals surface area (Å²) in [4.78, 5) is 33.0. The molecule has 1 aromatic heterocycles. The largest absolute Gasteiger partial charge is 0.465 e. The number of nitrogens with zero attached hydrogens (tertiary/aromatic N) is 2. The molecule has 1 atom stereocenters. The number of amides is 1. The van der Waals surface area contributed by atoms with Gasteiger partial charge in [-0.1, -0.05) is 11.6 Å². The maximum atomic E-state index is 12.4. The number of aromatic nitrogens is 2. The molecule has 1 N–H and O–H groups in total. The number of ether oxygens (including phenoxy) is 1. The first-order valence-electron chi connectivity index (χ1n) is 6.26. The Morgan fingerprint density at radius 2 is 2.05 bits per heavy atom. The van der Waals surface area contributed by atoms with Crippen LogP contribution in [0, 0.1) is 0 Å². The molecule has 7 heteroatoms. The van der Waals surface area contributed by atoms with Crippen molar-refractivity contribution < 1.29 is 14.3 Å². The number of carbonyl (C=O) groups excluding carboxylic acids is 2. The van der Waals surface area contributed by atoms with Crippen LogP contribution in [0.4, 0.5) is 0 Å². The quantitative estimate of drug-likeness (QED) is 0.657. The summed E-state index contributed by atoms with van der Waals surface area (Å²) in [6.45, 7) is 6.90. The SMILES string of the molecule is CCOC(=O)C1(C)C(=O)NC(C)(C)c2ncc(Cl)nc21. The first-order valence-corrected chi connectivity index (χ1v) is 6.64. The van der Waals surface area contributed by atoms with Gasteiger partial charge in [0.2, 0.25) is 5.91 Å². The van der Waals surface area contributed by atoms with E-state index in [1.54, 1.807) is 20.8 Å². The molecule has 0 spiro atoms. The summed E-state index contributed by atoms with van der Waals surface area (Å²) in [7, 11) is 0. The molecule has 1 aromatic rings. The Morgan fingerprint density at radius 3 is 2.65 bits per heavy atom. The molecule has 108 valence electrons. The van der Waals surface area contributed by atoms with Crippen LogP contribution < -0.4 is 5.32 Å². The van der Waals surface area contributed by atoms with E-state index in [1.165, 1.54) is 13.1 Å². The third-order valence-corrected chi connectivity index (χ3v) is 3.55. The lowest BCUT2D eigenvalue weighted by Gasteiger charge is -2.39. The van der Waals surface area contributed by atoms with Gasteiger partial charge in [-0.3, -0.25) is 14.6 Å². The molecular formula is C13H16ClN3O3. The molecule has 0 bridgehead atoms. The Labute approximate surface area is 121 Å². The summed E-state index contributed by atoms with van der Waals surface area (Å²) in [5.41, 5.74) is -1.51. The topological polar surface area (TPSA) is 81.2 Å². The van der Waals surface area contributed by atoms with Crippen LogP contribution in [0.1, 0.15) is 39.1 Å². The van der Waals surface area contributed by atoms with E-state index in [0.29, 0.717) is 5.69 Å². The molecule has 20 heavy (non-hydrogen) atoms. The molecule has 0 radical (unpaired) electrons. The van der Waals surface area contributed by atoms with Gasteiger partial charge in [-0.15, -0.1) is 0 Å². The highest BCUT2D eigenvalue weighted by Crippen LogP contribution is 2.37. The zero-order valence-corrected chi connectivity index (χ0v) is 12.5.